The van der Waals surface area contributed by atoms with Crippen molar-refractivity contribution in [1.82, 2.24) is 19.9 Å². The topological polar surface area (TPSA) is 130 Å². The lowest BCUT2D eigenvalue weighted by Crippen LogP contribution is -2.46. The van der Waals surface area contributed by atoms with Crippen molar-refractivity contribution in [3.63, 3.8) is 0 Å². The molecule has 28 heavy (non-hydrogen) atoms. The first-order valence-corrected chi connectivity index (χ1v) is 8.73. The third kappa shape index (κ3) is 3.75. The molecule has 1 aromatic carbocycles. The summed E-state index contributed by atoms with van der Waals surface area (Å²) in [6.45, 7) is 6.09. The summed E-state index contributed by atoms with van der Waals surface area (Å²) in [7, 11) is 1.51. The number of aromatic amines is 3. The van der Waals surface area contributed by atoms with E-state index in [0.29, 0.717) is 22.7 Å². The Morgan fingerprint density at radius 1 is 1.07 bits per heavy atom. The molecule has 8 nitrogen and oxygen atoms in total. The smallest absolute Gasteiger partial charge is 0.272 e. The molecule has 0 aliphatic carbocycles. The van der Waals surface area contributed by atoms with E-state index in [1.165, 1.54) is 13.2 Å². The van der Waals surface area contributed by atoms with Crippen LogP contribution in [0.2, 0.25) is 0 Å². The van der Waals surface area contributed by atoms with Gasteiger partial charge >= 0.3 is 0 Å². The van der Waals surface area contributed by atoms with Gasteiger partial charge in [-0.25, -0.2) is 4.98 Å². The van der Waals surface area contributed by atoms with Crippen molar-refractivity contribution < 1.29 is 4.74 Å². The zero-order valence-corrected chi connectivity index (χ0v) is 16.2. The molecule has 0 unspecified atom stereocenters. The van der Waals surface area contributed by atoms with Gasteiger partial charge in [-0.2, -0.15) is 0 Å². The molecule has 146 valence electrons. The Morgan fingerprint density at radius 3 is 2.32 bits per heavy atom. The summed E-state index contributed by atoms with van der Waals surface area (Å²) in [6.07, 6.45) is 4.63. The number of ether oxygens (including phenoxy) is 1. The van der Waals surface area contributed by atoms with Gasteiger partial charge in [-0.05, 0) is 18.2 Å². The second-order valence-corrected chi connectivity index (χ2v) is 7.40. The summed E-state index contributed by atoms with van der Waals surface area (Å²) in [5, 5.41) is 0.221. The summed E-state index contributed by atoms with van der Waals surface area (Å²) >= 11 is 0. The molecule has 0 aliphatic rings. The van der Waals surface area contributed by atoms with Crippen LogP contribution in [0.5, 0.6) is 5.75 Å². The molecule has 2 aromatic heterocycles. The van der Waals surface area contributed by atoms with Gasteiger partial charge in [0, 0.05) is 16.7 Å². The van der Waals surface area contributed by atoms with Crippen LogP contribution >= 0.6 is 0 Å². The van der Waals surface area contributed by atoms with Crippen LogP contribution in [0.3, 0.4) is 0 Å². The molecule has 0 fully saturated rings. The van der Waals surface area contributed by atoms with Crippen molar-refractivity contribution in [1.29, 1.82) is 0 Å². The number of nitrogens with zero attached hydrogens (tertiary/aromatic N) is 1. The summed E-state index contributed by atoms with van der Waals surface area (Å²) in [4.78, 5) is 37.6. The van der Waals surface area contributed by atoms with Gasteiger partial charge in [0.15, 0.2) is 0 Å². The number of nitrogen functional groups attached to an aromatic ring is 1. The molecule has 0 spiro atoms. The molecule has 0 radical (unpaired) electrons. The highest BCUT2D eigenvalue weighted by atomic mass is 16.5. The average Bonchev–Trinajstić information content (AvgIpc) is 3.09. The van der Waals surface area contributed by atoms with Gasteiger partial charge in [-0.3, -0.25) is 9.59 Å². The maximum Gasteiger partial charge on any atom is 0.272 e. The molecule has 0 atom stereocenters. The SMILES string of the molecule is COc1cccc(/C=c2\[nH]c(=O)/c(=C/c3nc[nH]c3C(C)(C)C)[nH]c2=O)c1N. The third-order valence-electron chi connectivity index (χ3n) is 4.30. The van der Waals surface area contributed by atoms with Crippen LogP contribution in [0.15, 0.2) is 34.1 Å². The third-order valence-corrected chi connectivity index (χ3v) is 4.30. The Kier molecular flexibility index (Phi) is 4.96. The molecule has 5 N–H and O–H groups in total. The summed E-state index contributed by atoms with van der Waals surface area (Å²) in [5.74, 6) is 0.491. The van der Waals surface area contributed by atoms with E-state index in [2.05, 4.69) is 19.9 Å². The van der Waals surface area contributed by atoms with E-state index in [1.807, 2.05) is 20.8 Å². The van der Waals surface area contributed by atoms with E-state index in [-0.39, 0.29) is 16.1 Å². The number of methoxy groups -OCH3 is 1. The van der Waals surface area contributed by atoms with Crippen LogP contribution < -0.4 is 32.3 Å². The van der Waals surface area contributed by atoms with Crippen LogP contribution in [-0.4, -0.2) is 27.0 Å². The molecular formula is C20H23N5O3. The molecule has 0 saturated carbocycles. The summed E-state index contributed by atoms with van der Waals surface area (Å²) in [6, 6.07) is 5.20. The Morgan fingerprint density at radius 2 is 1.71 bits per heavy atom. The highest BCUT2D eigenvalue weighted by molar-refractivity contribution is 5.69. The molecular weight excluding hydrogens is 358 g/mol. The minimum absolute atomic E-state index is 0.0974. The molecule has 3 aromatic rings. The number of hydrogen-bond donors (Lipinski definition) is 4. The number of rotatable bonds is 3. The van der Waals surface area contributed by atoms with E-state index in [9.17, 15) is 9.59 Å². The average molecular weight is 381 g/mol. The first-order valence-electron chi connectivity index (χ1n) is 8.73. The second-order valence-electron chi connectivity index (χ2n) is 7.40. The Bertz CT molecular complexity index is 1240. The number of nitrogens with two attached hydrogens (primary N) is 1. The van der Waals surface area contributed by atoms with Gasteiger partial charge in [0.1, 0.15) is 16.4 Å². The van der Waals surface area contributed by atoms with Crippen LogP contribution in [0.1, 0.15) is 37.7 Å². The van der Waals surface area contributed by atoms with Crippen molar-refractivity contribution in [3.05, 3.63) is 72.9 Å². The van der Waals surface area contributed by atoms with E-state index >= 15 is 0 Å². The Hall–Kier alpha value is -3.55. The van der Waals surface area contributed by atoms with Crippen molar-refractivity contribution in [3.8, 4) is 5.75 Å². The number of aromatic nitrogens is 4. The number of para-hydroxylation sites is 1. The second kappa shape index (κ2) is 7.22. The lowest BCUT2D eigenvalue weighted by Gasteiger charge is -2.16. The zero-order valence-electron chi connectivity index (χ0n) is 16.2. The normalized spacial score (nSPS) is 13.1. The van der Waals surface area contributed by atoms with Gasteiger partial charge in [0.2, 0.25) is 0 Å². The van der Waals surface area contributed by atoms with Crippen LogP contribution in [0.25, 0.3) is 12.2 Å². The molecule has 2 heterocycles. The van der Waals surface area contributed by atoms with Crippen LogP contribution in [0.4, 0.5) is 5.69 Å². The maximum absolute atomic E-state index is 12.5. The molecule has 0 saturated heterocycles. The summed E-state index contributed by atoms with van der Waals surface area (Å²) in [5.41, 5.74) is 7.38. The largest absolute Gasteiger partial charge is 0.495 e. The van der Waals surface area contributed by atoms with E-state index in [0.717, 1.165) is 5.69 Å². The predicted octanol–water partition coefficient (Wildman–Crippen LogP) is 0.332. The van der Waals surface area contributed by atoms with Crippen LogP contribution in [-0.2, 0) is 5.41 Å². The molecule has 0 amide bonds. The lowest BCUT2D eigenvalue weighted by molar-refractivity contribution is 0.417. The fraction of sp³-hybridized carbons (Fsp3) is 0.250. The first kappa shape index (κ1) is 19.2. The molecule has 8 heteroatoms. The number of imidazole rings is 1. The zero-order chi connectivity index (χ0) is 20.5. The highest BCUT2D eigenvalue weighted by Crippen LogP contribution is 2.25. The quantitative estimate of drug-likeness (QED) is 0.486. The van der Waals surface area contributed by atoms with Crippen LogP contribution in [0, 0.1) is 0 Å². The van der Waals surface area contributed by atoms with Gasteiger partial charge in [0.05, 0.1) is 24.8 Å². The monoisotopic (exact) mass is 381 g/mol. The van der Waals surface area contributed by atoms with Gasteiger partial charge < -0.3 is 25.4 Å². The van der Waals surface area contributed by atoms with Gasteiger partial charge in [0.25, 0.3) is 11.1 Å². The Balaban J connectivity index is 2.15. The highest BCUT2D eigenvalue weighted by Gasteiger charge is 2.19. The predicted molar refractivity (Wildman–Crippen MR) is 109 cm³/mol. The van der Waals surface area contributed by atoms with Crippen molar-refractivity contribution >= 4 is 17.8 Å². The van der Waals surface area contributed by atoms with E-state index < -0.39 is 11.1 Å². The minimum atomic E-state index is -0.444. The molecule has 3 rings (SSSR count). The maximum atomic E-state index is 12.5. The van der Waals surface area contributed by atoms with E-state index in [1.54, 1.807) is 30.6 Å². The van der Waals surface area contributed by atoms with Crippen molar-refractivity contribution in [2.24, 2.45) is 0 Å². The van der Waals surface area contributed by atoms with Gasteiger partial charge in [-0.1, -0.05) is 32.9 Å². The van der Waals surface area contributed by atoms with Crippen molar-refractivity contribution in [2.45, 2.75) is 26.2 Å². The fourth-order valence-corrected chi connectivity index (χ4v) is 2.87. The molecule has 0 aliphatic heterocycles. The molecule has 0 bridgehead atoms. The Labute approximate surface area is 160 Å². The number of nitrogens with one attached hydrogen (secondary N) is 3. The number of hydrogen-bond acceptors (Lipinski definition) is 5. The van der Waals surface area contributed by atoms with E-state index in [4.69, 9.17) is 10.5 Å². The number of H-pyrrole nitrogens is 3. The fourth-order valence-electron chi connectivity index (χ4n) is 2.87. The minimum Gasteiger partial charge on any atom is -0.495 e. The summed E-state index contributed by atoms with van der Waals surface area (Å²) < 4.78 is 5.18. The number of benzene rings is 1. The standard InChI is InChI=1S/C20H23N5O3/c1-20(2,3)17-12(22-10-23-17)9-14-19(27)24-13(18(26)25-14)8-11-6-5-7-15(28-4)16(11)21/h5-10H,21H2,1-4H3,(H,22,23)(H,24,27)(H,25,26)/b13-8-,14-9-. The first-order chi connectivity index (χ1) is 13.2. The van der Waals surface area contributed by atoms with Gasteiger partial charge in [-0.15, -0.1) is 0 Å². The lowest BCUT2D eigenvalue weighted by atomic mass is 9.90. The number of anilines is 1. The van der Waals surface area contributed by atoms with Crippen molar-refractivity contribution in [2.75, 3.05) is 12.8 Å².